The highest BCUT2D eigenvalue weighted by Crippen LogP contribution is 2.42. The molecule has 3 aromatic carbocycles. The molecule has 1 aromatic heterocycles. The van der Waals surface area contributed by atoms with E-state index in [2.05, 4.69) is 5.10 Å². The number of nitrogens with zero attached hydrogens (tertiary/aromatic N) is 3. The van der Waals surface area contributed by atoms with E-state index in [1.54, 1.807) is 49.4 Å². The molecule has 0 saturated heterocycles. The first-order valence-electron chi connectivity index (χ1n) is 10.1. The number of aryl methyl sites for hydroxylation is 1. The average Bonchev–Trinajstić information content (AvgIpc) is 3.14. The lowest BCUT2D eigenvalue weighted by molar-refractivity contribution is -0.387. The highest BCUT2D eigenvalue weighted by atomic mass is 32.2. The van der Waals surface area contributed by atoms with E-state index < -0.39 is 22.6 Å². The van der Waals surface area contributed by atoms with Crippen molar-refractivity contribution in [2.75, 3.05) is 0 Å². The van der Waals surface area contributed by atoms with Crippen LogP contribution in [-0.2, 0) is 6.18 Å². The van der Waals surface area contributed by atoms with Gasteiger partial charge in [-0.3, -0.25) is 10.1 Å². The monoisotopic (exact) mass is 499 g/mol. The molecule has 35 heavy (non-hydrogen) atoms. The summed E-state index contributed by atoms with van der Waals surface area (Å²) in [6, 6.07) is 18.6. The number of rotatable bonds is 6. The Morgan fingerprint density at radius 1 is 1.03 bits per heavy atom. The van der Waals surface area contributed by atoms with Crippen LogP contribution in [0.2, 0.25) is 0 Å². The predicted molar refractivity (Wildman–Crippen MR) is 122 cm³/mol. The summed E-state index contributed by atoms with van der Waals surface area (Å²) in [5.41, 5.74) is -0.519. The van der Waals surface area contributed by atoms with Crippen molar-refractivity contribution < 1.29 is 27.6 Å². The van der Waals surface area contributed by atoms with Crippen molar-refractivity contribution >= 4 is 23.4 Å². The molecule has 0 unspecified atom stereocenters. The Morgan fingerprint density at radius 3 is 2.40 bits per heavy atom. The average molecular weight is 499 g/mol. The molecular weight excluding hydrogens is 483 g/mol. The normalized spacial score (nSPS) is 11.3. The van der Waals surface area contributed by atoms with Crippen molar-refractivity contribution in [3.8, 4) is 11.6 Å². The number of esters is 1. The van der Waals surface area contributed by atoms with E-state index in [9.17, 15) is 28.1 Å². The summed E-state index contributed by atoms with van der Waals surface area (Å²) in [6.45, 7) is 1.64. The molecule has 0 bridgehead atoms. The summed E-state index contributed by atoms with van der Waals surface area (Å²) in [4.78, 5) is 24.5. The van der Waals surface area contributed by atoms with Crippen LogP contribution in [0.4, 0.5) is 18.9 Å². The third-order valence-corrected chi connectivity index (χ3v) is 6.09. The first kappa shape index (κ1) is 24.0. The highest BCUT2D eigenvalue weighted by molar-refractivity contribution is 7.99. The van der Waals surface area contributed by atoms with Gasteiger partial charge in [-0.1, -0.05) is 48.2 Å². The number of carbonyl (C=O) groups excluding carboxylic acids is 1. The SMILES string of the molecule is Cc1nn(-c2ccccc2)c(OC(=O)c2cccc(C(F)(F)F)c2)c1Sc1ccccc1[N+](=O)[O-]. The Bertz CT molecular complexity index is 1400. The summed E-state index contributed by atoms with van der Waals surface area (Å²) in [6.07, 6.45) is -4.63. The summed E-state index contributed by atoms with van der Waals surface area (Å²) in [5, 5.41) is 15.9. The van der Waals surface area contributed by atoms with Crippen molar-refractivity contribution in [2.45, 2.75) is 22.9 Å². The Hall–Kier alpha value is -4.12. The van der Waals surface area contributed by atoms with Crippen molar-refractivity contribution in [3.05, 3.63) is 106 Å². The van der Waals surface area contributed by atoms with Crippen molar-refractivity contribution in [2.24, 2.45) is 0 Å². The number of carbonyl (C=O) groups is 1. The molecule has 0 fully saturated rings. The molecule has 178 valence electrons. The van der Waals surface area contributed by atoms with E-state index in [1.807, 2.05) is 0 Å². The molecule has 0 spiro atoms. The molecule has 0 aliphatic rings. The van der Waals surface area contributed by atoms with Crippen LogP contribution in [0.25, 0.3) is 5.69 Å². The van der Waals surface area contributed by atoms with Gasteiger partial charge < -0.3 is 4.74 Å². The van der Waals surface area contributed by atoms with Gasteiger partial charge in [0, 0.05) is 6.07 Å². The van der Waals surface area contributed by atoms with E-state index in [4.69, 9.17) is 4.74 Å². The molecule has 0 N–H and O–H groups in total. The van der Waals surface area contributed by atoms with E-state index in [0.29, 0.717) is 22.3 Å². The van der Waals surface area contributed by atoms with Crippen LogP contribution in [0.5, 0.6) is 5.88 Å². The second kappa shape index (κ2) is 9.63. The number of nitro benzene ring substituents is 1. The van der Waals surface area contributed by atoms with Crippen LogP contribution in [0.3, 0.4) is 0 Å². The Balaban J connectivity index is 1.79. The third-order valence-electron chi connectivity index (χ3n) is 4.85. The van der Waals surface area contributed by atoms with Crippen molar-refractivity contribution in [3.63, 3.8) is 0 Å². The maximum absolute atomic E-state index is 13.1. The Kier molecular flexibility index (Phi) is 6.61. The van der Waals surface area contributed by atoms with Crippen molar-refractivity contribution in [1.82, 2.24) is 9.78 Å². The maximum Gasteiger partial charge on any atom is 0.416 e. The summed E-state index contributed by atoms with van der Waals surface area (Å²) < 4.78 is 46.3. The van der Waals surface area contributed by atoms with E-state index >= 15 is 0 Å². The minimum Gasteiger partial charge on any atom is -0.402 e. The maximum atomic E-state index is 13.1. The number of hydrogen-bond donors (Lipinski definition) is 0. The number of alkyl halides is 3. The molecule has 7 nitrogen and oxygen atoms in total. The van der Waals surface area contributed by atoms with Crippen LogP contribution >= 0.6 is 11.8 Å². The fourth-order valence-electron chi connectivity index (χ4n) is 3.22. The van der Waals surface area contributed by atoms with Crippen LogP contribution in [0.15, 0.2) is 88.7 Å². The Labute approximate surface area is 201 Å². The number of nitro groups is 1. The number of benzene rings is 3. The standard InChI is InChI=1S/C24H16F3N3O4S/c1-15-21(35-20-13-6-5-12-19(20)30(32)33)22(29(28-15)18-10-3-2-4-11-18)34-23(31)16-8-7-9-17(14-16)24(25,26)27/h2-14H,1H3. The number of ether oxygens (including phenoxy) is 1. The van der Waals surface area contributed by atoms with E-state index in [0.717, 1.165) is 23.9 Å². The van der Waals surface area contributed by atoms with Crippen LogP contribution in [-0.4, -0.2) is 20.7 Å². The summed E-state index contributed by atoms with van der Waals surface area (Å²) >= 11 is 0.974. The van der Waals surface area contributed by atoms with Crippen LogP contribution in [0.1, 0.15) is 21.6 Å². The lowest BCUT2D eigenvalue weighted by Gasteiger charge is -2.11. The van der Waals surface area contributed by atoms with Gasteiger partial charge in [0.15, 0.2) is 0 Å². The first-order chi connectivity index (χ1) is 16.6. The predicted octanol–water partition coefficient (Wildman–Crippen LogP) is 6.48. The zero-order chi connectivity index (χ0) is 25.2. The van der Waals surface area contributed by atoms with Crippen LogP contribution in [0, 0.1) is 17.0 Å². The smallest absolute Gasteiger partial charge is 0.402 e. The number of aromatic nitrogens is 2. The van der Waals surface area contributed by atoms with E-state index in [1.165, 1.54) is 22.9 Å². The summed E-state index contributed by atoms with van der Waals surface area (Å²) in [5.74, 6) is -1.10. The Morgan fingerprint density at radius 2 is 1.71 bits per heavy atom. The molecule has 0 radical (unpaired) electrons. The minimum absolute atomic E-state index is 0.0701. The van der Waals surface area contributed by atoms with Gasteiger partial charge in [0.05, 0.1) is 37.2 Å². The van der Waals surface area contributed by atoms with Gasteiger partial charge in [0.1, 0.15) is 0 Å². The molecule has 0 aliphatic heterocycles. The third kappa shape index (κ3) is 5.19. The second-order valence-electron chi connectivity index (χ2n) is 7.26. The van der Waals surface area contributed by atoms with Crippen LogP contribution < -0.4 is 4.74 Å². The van der Waals surface area contributed by atoms with Gasteiger partial charge in [-0.2, -0.15) is 23.0 Å². The molecule has 11 heteroatoms. The highest BCUT2D eigenvalue weighted by Gasteiger charge is 2.31. The van der Waals surface area contributed by atoms with Gasteiger partial charge in [0.25, 0.3) is 5.69 Å². The number of halogens is 3. The topological polar surface area (TPSA) is 87.3 Å². The molecular formula is C24H16F3N3O4S. The zero-order valence-electron chi connectivity index (χ0n) is 18.0. The summed E-state index contributed by atoms with van der Waals surface area (Å²) in [7, 11) is 0. The lowest BCUT2D eigenvalue weighted by atomic mass is 10.1. The van der Waals surface area contributed by atoms with Gasteiger partial charge in [-0.25, -0.2) is 4.79 Å². The van der Waals surface area contributed by atoms with Gasteiger partial charge >= 0.3 is 12.1 Å². The quantitative estimate of drug-likeness (QED) is 0.171. The number of para-hydroxylation sites is 2. The molecule has 0 aliphatic carbocycles. The molecule has 4 aromatic rings. The zero-order valence-corrected chi connectivity index (χ0v) is 18.8. The van der Waals surface area contributed by atoms with Gasteiger partial charge in [-0.05, 0) is 43.3 Å². The molecule has 4 rings (SSSR count). The van der Waals surface area contributed by atoms with E-state index in [-0.39, 0.29) is 22.0 Å². The van der Waals surface area contributed by atoms with Crippen molar-refractivity contribution in [1.29, 1.82) is 0 Å². The molecule has 0 amide bonds. The minimum atomic E-state index is -4.63. The molecule has 1 heterocycles. The fraction of sp³-hybridized carbons (Fsp3) is 0.0833. The van der Waals surface area contributed by atoms with Gasteiger partial charge in [0.2, 0.25) is 5.88 Å². The lowest BCUT2D eigenvalue weighted by Crippen LogP contribution is -2.14. The molecule has 0 saturated carbocycles. The van der Waals surface area contributed by atoms with Gasteiger partial charge in [-0.15, -0.1) is 0 Å². The number of hydrogen-bond acceptors (Lipinski definition) is 6. The first-order valence-corrected chi connectivity index (χ1v) is 10.9. The fourth-order valence-corrected chi connectivity index (χ4v) is 4.23. The second-order valence-corrected chi connectivity index (χ2v) is 8.31. The largest absolute Gasteiger partial charge is 0.416 e. The molecule has 0 atom stereocenters.